The summed E-state index contributed by atoms with van der Waals surface area (Å²) in [7, 11) is 0. The molecule has 0 bridgehead atoms. The van der Waals surface area contributed by atoms with Crippen LogP contribution in [0.15, 0.2) is 12.4 Å². The Kier molecular flexibility index (Phi) is 3.45. The molecule has 1 unspecified atom stereocenters. The zero-order valence-corrected chi connectivity index (χ0v) is 11.1. The molecule has 1 atom stereocenters. The molecule has 7 heteroatoms. The predicted molar refractivity (Wildman–Crippen MR) is 68.6 cm³/mol. The Balaban J connectivity index is 1.60. The Morgan fingerprint density at radius 1 is 1.55 bits per heavy atom. The molecule has 1 spiro atoms. The minimum atomic E-state index is -2.71. The number of hydrogen-bond acceptors (Lipinski definition) is 3. The smallest absolute Gasteiger partial charge is 0.333 e. The van der Waals surface area contributed by atoms with Crippen LogP contribution in [0.3, 0.4) is 0 Å². The van der Waals surface area contributed by atoms with Crippen LogP contribution in [0.4, 0.5) is 8.78 Å². The van der Waals surface area contributed by atoms with Crippen LogP contribution in [0.2, 0.25) is 0 Å². The zero-order valence-electron chi connectivity index (χ0n) is 11.1. The third kappa shape index (κ3) is 2.54. The Morgan fingerprint density at radius 2 is 2.35 bits per heavy atom. The molecule has 1 aromatic rings. The van der Waals surface area contributed by atoms with Gasteiger partial charge in [0.2, 0.25) is 0 Å². The van der Waals surface area contributed by atoms with Crippen LogP contribution in [0.5, 0.6) is 0 Å². The molecule has 1 aliphatic heterocycles. The molecule has 1 saturated carbocycles. The average molecular weight is 284 g/mol. The molecule has 3 rings (SSSR count). The van der Waals surface area contributed by atoms with Gasteiger partial charge < -0.3 is 10.6 Å². The molecule has 2 fully saturated rings. The minimum absolute atomic E-state index is 0.110. The summed E-state index contributed by atoms with van der Waals surface area (Å²) in [4.78, 5) is 12.0. The molecule has 0 radical (unpaired) electrons. The van der Waals surface area contributed by atoms with Crippen molar-refractivity contribution in [3.63, 3.8) is 0 Å². The monoisotopic (exact) mass is 284 g/mol. The molecule has 1 saturated heterocycles. The van der Waals surface area contributed by atoms with Crippen molar-refractivity contribution in [2.45, 2.75) is 50.2 Å². The van der Waals surface area contributed by atoms with Gasteiger partial charge in [-0.25, -0.2) is 4.68 Å². The summed E-state index contributed by atoms with van der Waals surface area (Å²) in [6, 6.07) is 0.110. The van der Waals surface area contributed by atoms with Crippen molar-refractivity contribution in [3.8, 4) is 0 Å². The maximum Gasteiger partial charge on any atom is 0.333 e. The maximum absolute atomic E-state index is 12.4. The van der Waals surface area contributed by atoms with Gasteiger partial charge in [0, 0.05) is 17.8 Å². The summed E-state index contributed by atoms with van der Waals surface area (Å²) in [6.07, 6.45) is 7.60. The van der Waals surface area contributed by atoms with E-state index in [4.69, 9.17) is 0 Å². The van der Waals surface area contributed by atoms with E-state index in [1.54, 1.807) is 0 Å². The van der Waals surface area contributed by atoms with Crippen LogP contribution < -0.4 is 10.6 Å². The first-order valence-corrected chi connectivity index (χ1v) is 6.96. The molecule has 1 aliphatic carbocycles. The first-order valence-electron chi connectivity index (χ1n) is 6.96. The number of hydrogen-bond donors (Lipinski definition) is 2. The highest BCUT2D eigenvalue weighted by Gasteiger charge is 2.41. The van der Waals surface area contributed by atoms with E-state index < -0.39 is 6.55 Å². The second kappa shape index (κ2) is 5.12. The number of amides is 1. The lowest BCUT2D eigenvalue weighted by Gasteiger charge is -2.48. The lowest BCUT2D eigenvalue weighted by Crippen LogP contribution is -2.59. The van der Waals surface area contributed by atoms with E-state index >= 15 is 0 Å². The van der Waals surface area contributed by atoms with E-state index in [1.165, 1.54) is 12.6 Å². The standard InChI is InChI=1S/C13H18F2N4O/c14-12(15)19-8-9(7-17-19)11(20)18-10-2-5-16-13(6-10)3-1-4-13/h7-8,10,12,16H,1-6H2,(H,18,20). The summed E-state index contributed by atoms with van der Waals surface area (Å²) in [6.45, 7) is -1.82. The molecule has 2 N–H and O–H groups in total. The maximum atomic E-state index is 12.4. The number of halogens is 2. The van der Waals surface area contributed by atoms with Crippen molar-refractivity contribution in [2.75, 3.05) is 6.54 Å². The van der Waals surface area contributed by atoms with Crippen LogP contribution in [-0.4, -0.2) is 33.8 Å². The lowest BCUT2D eigenvalue weighted by atomic mass is 9.70. The lowest BCUT2D eigenvalue weighted by molar-refractivity contribution is 0.0565. The summed E-state index contributed by atoms with van der Waals surface area (Å²) < 4.78 is 25.3. The predicted octanol–water partition coefficient (Wildman–Crippen LogP) is 1.68. The largest absolute Gasteiger partial charge is 0.349 e. The number of alkyl halides is 2. The van der Waals surface area contributed by atoms with Gasteiger partial charge in [0.15, 0.2) is 0 Å². The third-order valence-corrected chi connectivity index (χ3v) is 4.34. The van der Waals surface area contributed by atoms with Crippen LogP contribution >= 0.6 is 0 Å². The van der Waals surface area contributed by atoms with E-state index in [1.807, 2.05) is 0 Å². The quantitative estimate of drug-likeness (QED) is 0.888. The number of carbonyl (C=O) groups is 1. The highest BCUT2D eigenvalue weighted by Crippen LogP contribution is 2.38. The Bertz CT molecular complexity index is 498. The Hall–Kier alpha value is -1.50. The van der Waals surface area contributed by atoms with Crippen LogP contribution in [0.25, 0.3) is 0 Å². The Labute approximate surface area is 115 Å². The van der Waals surface area contributed by atoms with Gasteiger partial charge in [-0.1, -0.05) is 0 Å². The summed E-state index contributed by atoms with van der Waals surface area (Å²) in [5.41, 5.74) is 0.384. The van der Waals surface area contributed by atoms with Crippen molar-refractivity contribution < 1.29 is 13.6 Å². The first kappa shape index (κ1) is 13.5. The number of rotatable bonds is 3. The number of aromatic nitrogens is 2. The summed E-state index contributed by atoms with van der Waals surface area (Å²) in [5, 5.41) is 9.94. The van der Waals surface area contributed by atoms with E-state index in [9.17, 15) is 13.6 Å². The average Bonchev–Trinajstić information content (AvgIpc) is 2.87. The highest BCUT2D eigenvalue weighted by molar-refractivity contribution is 5.93. The minimum Gasteiger partial charge on any atom is -0.349 e. The van der Waals surface area contributed by atoms with Crippen molar-refractivity contribution in [2.24, 2.45) is 0 Å². The molecule has 2 aliphatic rings. The second-order valence-corrected chi connectivity index (χ2v) is 5.71. The van der Waals surface area contributed by atoms with Crippen molar-refractivity contribution in [1.29, 1.82) is 0 Å². The van der Waals surface area contributed by atoms with Crippen LogP contribution in [0.1, 0.15) is 49.0 Å². The van der Waals surface area contributed by atoms with E-state index in [0.717, 1.165) is 38.4 Å². The number of nitrogens with zero attached hydrogens (tertiary/aromatic N) is 2. The van der Waals surface area contributed by atoms with Gasteiger partial charge in [0.1, 0.15) is 0 Å². The molecule has 20 heavy (non-hydrogen) atoms. The van der Waals surface area contributed by atoms with E-state index in [2.05, 4.69) is 15.7 Å². The van der Waals surface area contributed by atoms with Gasteiger partial charge in [-0.15, -0.1) is 0 Å². The fourth-order valence-electron chi connectivity index (χ4n) is 3.10. The van der Waals surface area contributed by atoms with Gasteiger partial charge in [0.05, 0.1) is 11.8 Å². The van der Waals surface area contributed by atoms with E-state index in [-0.39, 0.29) is 23.1 Å². The van der Waals surface area contributed by atoms with E-state index in [0.29, 0.717) is 4.68 Å². The number of nitrogens with one attached hydrogen (secondary N) is 2. The number of piperidine rings is 1. The van der Waals surface area contributed by atoms with Gasteiger partial charge in [0.25, 0.3) is 5.91 Å². The van der Waals surface area contributed by atoms with Crippen LogP contribution in [0, 0.1) is 0 Å². The van der Waals surface area contributed by atoms with Crippen molar-refractivity contribution in [1.82, 2.24) is 20.4 Å². The zero-order chi connectivity index (χ0) is 14.2. The molecule has 1 amide bonds. The molecular weight excluding hydrogens is 266 g/mol. The first-order chi connectivity index (χ1) is 9.58. The highest BCUT2D eigenvalue weighted by atomic mass is 19.3. The Morgan fingerprint density at radius 3 is 2.95 bits per heavy atom. The van der Waals surface area contributed by atoms with Gasteiger partial charge in [-0.3, -0.25) is 4.79 Å². The van der Waals surface area contributed by atoms with Gasteiger partial charge >= 0.3 is 6.55 Å². The fourth-order valence-corrected chi connectivity index (χ4v) is 3.10. The third-order valence-electron chi connectivity index (χ3n) is 4.34. The normalized spacial score (nSPS) is 24.6. The molecular formula is C13H18F2N4O. The summed E-state index contributed by atoms with van der Waals surface area (Å²) >= 11 is 0. The van der Waals surface area contributed by atoms with Crippen molar-refractivity contribution >= 4 is 5.91 Å². The molecule has 1 aromatic heterocycles. The van der Waals surface area contributed by atoms with Crippen LogP contribution in [-0.2, 0) is 0 Å². The fraction of sp³-hybridized carbons (Fsp3) is 0.692. The second-order valence-electron chi connectivity index (χ2n) is 5.71. The molecule has 2 heterocycles. The van der Waals surface area contributed by atoms with Crippen molar-refractivity contribution in [3.05, 3.63) is 18.0 Å². The number of carbonyl (C=O) groups excluding carboxylic acids is 1. The molecule has 5 nitrogen and oxygen atoms in total. The molecule has 110 valence electrons. The summed E-state index contributed by atoms with van der Waals surface area (Å²) in [5.74, 6) is -0.321. The van der Waals surface area contributed by atoms with Gasteiger partial charge in [-0.05, 0) is 38.6 Å². The topological polar surface area (TPSA) is 59.0 Å². The molecule has 0 aromatic carbocycles. The van der Waals surface area contributed by atoms with Gasteiger partial charge in [-0.2, -0.15) is 13.9 Å². The SMILES string of the molecule is O=C(NC1CCNC2(CCC2)C1)c1cnn(C(F)F)c1.